The minimum atomic E-state index is 0. The largest absolute Gasteiger partial charge is 0.330 e. The second-order valence-electron chi connectivity index (χ2n) is 3.28. The van der Waals surface area contributed by atoms with Gasteiger partial charge in [0.25, 0.3) is 0 Å². The number of nitrogens with two attached hydrogens (primary N) is 1. The van der Waals surface area contributed by atoms with Gasteiger partial charge in [0.05, 0.1) is 17.6 Å². The van der Waals surface area contributed by atoms with Crippen molar-refractivity contribution in [3.8, 4) is 0 Å². The van der Waals surface area contributed by atoms with E-state index in [4.69, 9.17) is 5.73 Å². The summed E-state index contributed by atoms with van der Waals surface area (Å²) < 4.78 is 2.04. The first-order valence-corrected chi connectivity index (χ1v) is 4.34. The molecule has 0 aliphatic heterocycles. The quantitative estimate of drug-likeness (QED) is 0.840. The van der Waals surface area contributed by atoms with Gasteiger partial charge in [-0.25, -0.2) is 4.98 Å². The number of aromatic nitrogens is 2. The Hall–Kier alpha value is -0.770. The third-order valence-electron chi connectivity index (χ3n) is 2.31. The fraction of sp³-hybridized carbons (Fsp3) is 0.300. The standard InChI is InChI=1S/C10H13N3.2ClH/c1-7-3-4-9-8(5-7)12-10(6-11)13(9)2;;/h3-5H,6,11H2,1-2H3;2*1H. The van der Waals surface area contributed by atoms with E-state index in [9.17, 15) is 0 Å². The van der Waals surface area contributed by atoms with Gasteiger partial charge in [-0.1, -0.05) is 6.07 Å². The first kappa shape index (κ1) is 14.2. The molecule has 0 fully saturated rings. The Morgan fingerprint density at radius 3 is 2.60 bits per heavy atom. The van der Waals surface area contributed by atoms with Crippen molar-refractivity contribution < 1.29 is 0 Å². The van der Waals surface area contributed by atoms with Gasteiger partial charge in [-0.2, -0.15) is 0 Å². The third-order valence-corrected chi connectivity index (χ3v) is 2.31. The minimum Gasteiger partial charge on any atom is -0.330 e. The number of aryl methyl sites for hydroxylation is 2. The zero-order valence-corrected chi connectivity index (χ0v) is 10.4. The van der Waals surface area contributed by atoms with E-state index in [0.29, 0.717) is 6.54 Å². The van der Waals surface area contributed by atoms with Crippen LogP contribution in [0, 0.1) is 6.92 Å². The van der Waals surface area contributed by atoms with Gasteiger partial charge in [0.2, 0.25) is 0 Å². The number of benzene rings is 1. The summed E-state index contributed by atoms with van der Waals surface area (Å²) >= 11 is 0. The van der Waals surface area contributed by atoms with Crippen LogP contribution in [0.4, 0.5) is 0 Å². The molecule has 0 amide bonds. The Morgan fingerprint density at radius 1 is 1.33 bits per heavy atom. The lowest BCUT2D eigenvalue weighted by atomic mass is 10.2. The Balaban J connectivity index is 0.000000980. The van der Waals surface area contributed by atoms with Crippen LogP contribution < -0.4 is 5.73 Å². The molecule has 2 rings (SSSR count). The van der Waals surface area contributed by atoms with Crippen LogP contribution in [-0.4, -0.2) is 9.55 Å². The molecule has 84 valence electrons. The van der Waals surface area contributed by atoms with Crippen molar-refractivity contribution in [3.63, 3.8) is 0 Å². The van der Waals surface area contributed by atoms with Crippen LogP contribution in [0.5, 0.6) is 0 Å². The van der Waals surface area contributed by atoms with Gasteiger partial charge in [-0.15, -0.1) is 24.8 Å². The van der Waals surface area contributed by atoms with Crippen LogP contribution >= 0.6 is 24.8 Å². The van der Waals surface area contributed by atoms with Crippen molar-refractivity contribution in [2.24, 2.45) is 12.8 Å². The lowest BCUT2D eigenvalue weighted by molar-refractivity contribution is 0.813. The summed E-state index contributed by atoms with van der Waals surface area (Å²) in [5.74, 6) is 0.931. The summed E-state index contributed by atoms with van der Waals surface area (Å²) in [5.41, 5.74) is 8.97. The molecule has 0 saturated carbocycles. The lowest BCUT2D eigenvalue weighted by Crippen LogP contribution is -2.04. The van der Waals surface area contributed by atoms with Crippen LogP contribution in [0.25, 0.3) is 11.0 Å². The Labute approximate surface area is 101 Å². The molecular formula is C10H15Cl2N3. The van der Waals surface area contributed by atoms with E-state index in [1.54, 1.807) is 0 Å². The highest BCUT2D eigenvalue weighted by molar-refractivity contribution is 5.85. The summed E-state index contributed by atoms with van der Waals surface area (Å²) in [6.45, 7) is 2.56. The molecule has 0 aliphatic rings. The molecule has 0 unspecified atom stereocenters. The molecule has 0 atom stereocenters. The molecule has 1 heterocycles. The molecule has 0 saturated heterocycles. The normalized spacial score (nSPS) is 9.53. The second-order valence-corrected chi connectivity index (χ2v) is 3.28. The molecule has 2 N–H and O–H groups in total. The van der Waals surface area contributed by atoms with E-state index in [1.165, 1.54) is 5.56 Å². The van der Waals surface area contributed by atoms with Crippen molar-refractivity contribution in [1.29, 1.82) is 0 Å². The highest BCUT2D eigenvalue weighted by Crippen LogP contribution is 2.15. The smallest absolute Gasteiger partial charge is 0.123 e. The summed E-state index contributed by atoms with van der Waals surface area (Å²) in [4.78, 5) is 4.43. The van der Waals surface area contributed by atoms with E-state index in [0.717, 1.165) is 16.9 Å². The maximum atomic E-state index is 5.57. The van der Waals surface area contributed by atoms with Crippen molar-refractivity contribution in [2.75, 3.05) is 0 Å². The van der Waals surface area contributed by atoms with Crippen molar-refractivity contribution in [3.05, 3.63) is 29.6 Å². The molecule has 1 aromatic carbocycles. The first-order valence-electron chi connectivity index (χ1n) is 4.34. The minimum absolute atomic E-state index is 0. The van der Waals surface area contributed by atoms with E-state index in [-0.39, 0.29) is 24.8 Å². The van der Waals surface area contributed by atoms with E-state index in [1.807, 2.05) is 11.6 Å². The van der Waals surface area contributed by atoms with Gasteiger partial charge < -0.3 is 10.3 Å². The predicted octanol–water partition coefficient (Wildman–Crippen LogP) is 2.18. The van der Waals surface area contributed by atoms with E-state index >= 15 is 0 Å². The summed E-state index contributed by atoms with van der Waals surface area (Å²) in [7, 11) is 1.99. The van der Waals surface area contributed by atoms with Crippen LogP contribution in [0.3, 0.4) is 0 Å². The molecular weight excluding hydrogens is 233 g/mol. The molecule has 0 bridgehead atoms. The topological polar surface area (TPSA) is 43.8 Å². The molecule has 5 heteroatoms. The Kier molecular flexibility index (Phi) is 5.08. The second kappa shape index (κ2) is 5.35. The number of rotatable bonds is 1. The molecule has 3 nitrogen and oxygen atoms in total. The predicted molar refractivity (Wildman–Crippen MR) is 67.8 cm³/mol. The highest BCUT2D eigenvalue weighted by atomic mass is 35.5. The molecule has 0 spiro atoms. The maximum Gasteiger partial charge on any atom is 0.123 e. The van der Waals surface area contributed by atoms with Crippen LogP contribution in [-0.2, 0) is 13.6 Å². The Morgan fingerprint density at radius 2 is 2.00 bits per heavy atom. The number of halogens is 2. The van der Waals surface area contributed by atoms with E-state index < -0.39 is 0 Å². The van der Waals surface area contributed by atoms with Crippen LogP contribution in [0.2, 0.25) is 0 Å². The van der Waals surface area contributed by atoms with Crippen molar-refractivity contribution in [1.82, 2.24) is 9.55 Å². The third kappa shape index (κ3) is 2.43. The molecule has 2 aromatic rings. The van der Waals surface area contributed by atoms with Crippen LogP contribution in [0.1, 0.15) is 11.4 Å². The zero-order valence-electron chi connectivity index (χ0n) is 8.73. The summed E-state index contributed by atoms with van der Waals surface area (Å²) in [6, 6.07) is 6.25. The van der Waals surface area contributed by atoms with Gasteiger partial charge >= 0.3 is 0 Å². The average Bonchev–Trinajstić information content (AvgIpc) is 2.42. The maximum absolute atomic E-state index is 5.57. The van der Waals surface area contributed by atoms with E-state index in [2.05, 4.69) is 30.1 Å². The number of nitrogens with zero attached hydrogens (tertiary/aromatic N) is 2. The van der Waals surface area contributed by atoms with Gasteiger partial charge in [-0.3, -0.25) is 0 Å². The van der Waals surface area contributed by atoms with Crippen molar-refractivity contribution in [2.45, 2.75) is 13.5 Å². The number of hydrogen-bond acceptors (Lipinski definition) is 2. The number of imidazole rings is 1. The first-order chi connectivity index (χ1) is 6.22. The van der Waals surface area contributed by atoms with Gasteiger partial charge in [0.1, 0.15) is 5.82 Å². The summed E-state index contributed by atoms with van der Waals surface area (Å²) in [6.07, 6.45) is 0. The number of hydrogen-bond donors (Lipinski definition) is 1. The molecule has 1 aromatic heterocycles. The van der Waals surface area contributed by atoms with Gasteiger partial charge in [-0.05, 0) is 24.6 Å². The average molecular weight is 248 g/mol. The lowest BCUT2D eigenvalue weighted by Gasteiger charge is -1.97. The molecule has 15 heavy (non-hydrogen) atoms. The molecule has 0 radical (unpaired) electrons. The SMILES string of the molecule is Cc1ccc2c(c1)nc(CN)n2C.Cl.Cl. The van der Waals surface area contributed by atoms with Crippen LogP contribution in [0.15, 0.2) is 18.2 Å². The van der Waals surface area contributed by atoms with Gasteiger partial charge in [0.15, 0.2) is 0 Å². The molecule has 0 aliphatic carbocycles. The van der Waals surface area contributed by atoms with Gasteiger partial charge in [0, 0.05) is 7.05 Å². The summed E-state index contributed by atoms with van der Waals surface area (Å²) in [5, 5.41) is 0. The zero-order chi connectivity index (χ0) is 9.42. The highest BCUT2D eigenvalue weighted by Gasteiger charge is 2.04. The fourth-order valence-corrected chi connectivity index (χ4v) is 1.54. The number of fused-ring (bicyclic) bond motifs is 1. The monoisotopic (exact) mass is 247 g/mol. The Bertz CT molecular complexity index is 451. The van der Waals surface area contributed by atoms with Crippen molar-refractivity contribution >= 4 is 35.8 Å². The fourth-order valence-electron chi connectivity index (χ4n) is 1.54.